The fraction of sp³-hybridized carbons (Fsp3) is 0.190. The zero-order valence-corrected chi connectivity index (χ0v) is 17.6. The van der Waals surface area contributed by atoms with E-state index >= 15 is 0 Å². The molecule has 0 saturated heterocycles. The molecule has 0 fully saturated rings. The summed E-state index contributed by atoms with van der Waals surface area (Å²) in [5, 5.41) is 18.9. The minimum Gasteiger partial charge on any atom is -0.440 e. The normalized spacial score (nSPS) is 16.9. The number of carbonyl (C=O) groups is 1. The predicted molar refractivity (Wildman–Crippen MR) is 108 cm³/mol. The molecule has 7 nitrogen and oxygen atoms in total. The van der Waals surface area contributed by atoms with Crippen LogP contribution in [0.25, 0.3) is 0 Å². The highest BCUT2D eigenvalue weighted by Crippen LogP contribution is 2.41. The van der Waals surface area contributed by atoms with Crippen molar-refractivity contribution in [2.24, 2.45) is 0 Å². The Balaban J connectivity index is 2.22. The van der Waals surface area contributed by atoms with Crippen LogP contribution in [0.15, 0.2) is 58.6 Å². The van der Waals surface area contributed by atoms with Crippen molar-refractivity contribution >= 4 is 22.3 Å². The number of allylic oxidation sites excluding steroid dienone is 1. The standard InChI is InChI=1S/C21H15F3N5O2S/c1-12-17(11-26)19(16-7-6-13(10-25)8-18(16)32(27)31)28(2)20(30)29(12)15-5-3-4-14(9-15)21(22,23)24/h3-9,19,27H,1-2H3/q-1/t19-/m1/s1. The second-order valence-corrected chi connectivity index (χ2v) is 7.90. The van der Waals surface area contributed by atoms with E-state index in [1.165, 1.54) is 44.3 Å². The number of nitrogens with one attached hydrogen (secondary N) is 1. The van der Waals surface area contributed by atoms with Crippen molar-refractivity contribution in [1.29, 1.82) is 15.3 Å². The van der Waals surface area contributed by atoms with Gasteiger partial charge in [-0.3, -0.25) is 4.90 Å². The highest BCUT2D eigenvalue weighted by atomic mass is 32.2. The van der Waals surface area contributed by atoms with Crippen LogP contribution in [0.5, 0.6) is 0 Å². The summed E-state index contributed by atoms with van der Waals surface area (Å²) in [6, 6.07) is 10.4. The maximum absolute atomic E-state index is 13.2. The fourth-order valence-electron chi connectivity index (χ4n) is 3.55. The van der Waals surface area contributed by atoms with Crippen molar-refractivity contribution in [2.75, 3.05) is 11.9 Å². The van der Waals surface area contributed by atoms with Crippen molar-refractivity contribution in [1.82, 2.24) is 4.90 Å². The first-order valence-corrected chi connectivity index (χ1v) is 10.2. The molecule has 0 radical (unpaired) electrons. The number of anilines is 1. The van der Waals surface area contributed by atoms with Crippen LogP contribution < -0.4 is 4.90 Å². The Bertz CT molecular complexity index is 1290. The molecule has 0 aromatic heterocycles. The number of nitrogens with zero attached hydrogens (tertiary/aromatic N) is 4. The number of rotatable bonds is 3. The summed E-state index contributed by atoms with van der Waals surface area (Å²) in [6.45, 7) is 1.43. The van der Waals surface area contributed by atoms with Crippen LogP contribution in [0.3, 0.4) is 0 Å². The van der Waals surface area contributed by atoms with Gasteiger partial charge < -0.3 is 13.9 Å². The number of hydrogen-bond donors (Lipinski definition) is 1. The lowest BCUT2D eigenvalue weighted by molar-refractivity contribution is -0.137. The minimum absolute atomic E-state index is 0.0286. The minimum atomic E-state index is -4.62. The largest absolute Gasteiger partial charge is 0.440 e. The SMILES string of the molecule is CC1=C(C#N)[C@@H](c2ccc(C#N)cc2[S-](=N)=O)N(C)C(=O)N1c1cccc(C(F)(F)F)c1. The number of benzene rings is 2. The summed E-state index contributed by atoms with van der Waals surface area (Å²) in [7, 11) is -0.923. The Kier molecular flexibility index (Phi) is 5.97. The zero-order valence-electron chi connectivity index (χ0n) is 16.8. The molecule has 0 aliphatic carbocycles. The highest BCUT2D eigenvalue weighted by Gasteiger charge is 2.39. The van der Waals surface area contributed by atoms with E-state index in [1.54, 1.807) is 0 Å². The number of nitriles is 2. The molecule has 2 aromatic rings. The fourth-order valence-corrected chi connectivity index (χ4v) is 4.17. The first-order valence-electron chi connectivity index (χ1n) is 9.03. The van der Waals surface area contributed by atoms with Gasteiger partial charge in [0.2, 0.25) is 0 Å². The van der Waals surface area contributed by atoms with Gasteiger partial charge in [0, 0.05) is 12.7 Å². The molecule has 2 amide bonds. The van der Waals surface area contributed by atoms with Crippen molar-refractivity contribution in [3.63, 3.8) is 0 Å². The van der Waals surface area contributed by atoms with Crippen LogP contribution in [-0.4, -0.2) is 18.0 Å². The number of hydrogen-bond acceptors (Lipinski definition) is 6. The summed E-state index contributed by atoms with van der Waals surface area (Å²) < 4.78 is 59.1. The van der Waals surface area contributed by atoms with E-state index in [2.05, 4.69) is 0 Å². The monoisotopic (exact) mass is 458 g/mol. The summed E-state index contributed by atoms with van der Waals surface area (Å²) in [5.74, 6) is 0. The van der Waals surface area contributed by atoms with Gasteiger partial charge in [0.15, 0.2) is 0 Å². The molecule has 1 N–H and O–H groups in total. The zero-order chi connectivity index (χ0) is 23.8. The Labute approximate surface area is 183 Å². The molecule has 164 valence electrons. The summed E-state index contributed by atoms with van der Waals surface area (Å²) in [5.41, 5.74) is -0.513. The van der Waals surface area contributed by atoms with E-state index in [0.29, 0.717) is 0 Å². The molecule has 0 unspecified atom stereocenters. The quantitative estimate of drug-likeness (QED) is 0.647. The molecule has 0 saturated carbocycles. The maximum atomic E-state index is 13.2. The summed E-state index contributed by atoms with van der Waals surface area (Å²) in [6.07, 6.45) is -4.62. The first-order chi connectivity index (χ1) is 15.0. The van der Waals surface area contributed by atoms with E-state index in [0.717, 1.165) is 21.9 Å². The highest BCUT2D eigenvalue weighted by molar-refractivity contribution is 7.73. The van der Waals surface area contributed by atoms with Crippen molar-refractivity contribution < 1.29 is 22.2 Å². The second kappa shape index (κ2) is 8.36. The van der Waals surface area contributed by atoms with Crippen LogP contribution in [0.2, 0.25) is 0 Å². The van der Waals surface area contributed by atoms with E-state index in [-0.39, 0.29) is 33.0 Å². The van der Waals surface area contributed by atoms with Gasteiger partial charge in [-0.15, -0.1) is 0 Å². The molecule has 1 heterocycles. The Morgan fingerprint density at radius 3 is 2.38 bits per heavy atom. The Morgan fingerprint density at radius 1 is 1.12 bits per heavy atom. The van der Waals surface area contributed by atoms with Crippen LogP contribution >= 0.6 is 0 Å². The molecular formula is C21H15F3N5O2S-. The molecule has 0 spiro atoms. The van der Waals surface area contributed by atoms with Gasteiger partial charge in [0.1, 0.15) is 0 Å². The lowest BCUT2D eigenvalue weighted by Crippen LogP contribution is -2.47. The molecule has 32 heavy (non-hydrogen) atoms. The third-order valence-corrected chi connectivity index (χ3v) is 5.82. The van der Waals surface area contributed by atoms with Gasteiger partial charge in [-0.25, -0.2) is 4.79 Å². The molecule has 1 aliphatic heterocycles. The first kappa shape index (κ1) is 22.8. The third kappa shape index (κ3) is 3.90. The van der Waals surface area contributed by atoms with Gasteiger partial charge >= 0.3 is 12.2 Å². The second-order valence-electron chi connectivity index (χ2n) is 6.92. The van der Waals surface area contributed by atoms with Crippen LogP contribution in [0.1, 0.15) is 29.7 Å². The van der Waals surface area contributed by atoms with E-state index in [4.69, 9.17) is 10.0 Å². The van der Waals surface area contributed by atoms with Crippen molar-refractivity contribution in [3.05, 3.63) is 70.4 Å². The molecule has 2 aromatic carbocycles. The van der Waals surface area contributed by atoms with Crippen molar-refractivity contribution in [2.45, 2.75) is 24.0 Å². The van der Waals surface area contributed by atoms with Gasteiger partial charge in [-0.05, 0) is 36.8 Å². The maximum Gasteiger partial charge on any atom is 0.416 e. The average molecular weight is 458 g/mol. The lowest BCUT2D eigenvalue weighted by atomic mass is 9.93. The van der Waals surface area contributed by atoms with Gasteiger partial charge in [0.25, 0.3) is 0 Å². The van der Waals surface area contributed by atoms with Crippen LogP contribution in [0, 0.1) is 27.4 Å². The summed E-state index contributed by atoms with van der Waals surface area (Å²) in [4.78, 5) is 15.3. The van der Waals surface area contributed by atoms with E-state index in [9.17, 15) is 27.4 Å². The number of urea groups is 1. The number of likely N-dealkylation sites (N-methyl/N-ethyl adjacent to an activating group) is 1. The third-order valence-electron chi connectivity index (χ3n) is 5.07. The van der Waals surface area contributed by atoms with Crippen LogP contribution in [0.4, 0.5) is 23.7 Å². The number of halogens is 3. The smallest absolute Gasteiger partial charge is 0.416 e. The number of alkyl halides is 3. The topological polar surface area (TPSA) is 112 Å². The Hall–Kier alpha value is -3.83. The molecule has 11 heteroatoms. The lowest BCUT2D eigenvalue weighted by Gasteiger charge is -2.41. The molecular weight excluding hydrogens is 443 g/mol. The number of amides is 2. The van der Waals surface area contributed by atoms with E-state index in [1.807, 2.05) is 12.1 Å². The molecule has 3 rings (SSSR count). The molecule has 1 aliphatic rings. The van der Waals surface area contributed by atoms with Crippen LogP contribution in [-0.2, 0) is 21.0 Å². The molecule has 0 bridgehead atoms. The summed E-state index contributed by atoms with van der Waals surface area (Å²) >= 11 is 0. The molecule has 1 atom stereocenters. The van der Waals surface area contributed by atoms with Gasteiger partial charge in [-0.2, -0.15) is 34.3 Å². The Morgan fingerprint density at radius 2 is 1.81 bits per heavy atom. The van der Waals surface area contributed by atoms with Gasteiger partial charge in [0.05, 0.1) is 40.6 Å². The average Bonchev–Trinajstić information content (AvgIpc) is 2.75. The number of carbonyl (C=O) groups excluding carboxylic acids is 1. The van der Waals surface area contributed by atoms with E-state index < -0.39 is 34.4 Å². The predicted octanol–water partition coefficient (Wildman–Crippen LogP) is 5.07. The van der Waals surface area contributed by atoms with Gasteiger partial charge in [-0.1, -0.05) is 23.1 Å². The van der Waals surface area contributed by atoms with Crippen molar-refractivity contribution in [3.8, 4) is 12.1 Å².